The van der Waals surface area contributed by atoms with Crippen LogP contribution in [0.15, 0.2) is 53.9 Å². The lowest BCUT2D eigenvalue weighted by Crippen LogP contribution is -2.27. The maximum absolute atomic E-state index is 12.4. The van der Waals surface area contributed by atoms with Gasteiger partial charge in [0, 0.05) is 18.9 Å². The van der Waals surface area contributed by atoms with Gasteiger partial charge in [0.25, 0.3) is 5.91 Å². The first-order valence-electron chi connectivity index (χ1n) is 7.93. The maximum Gasteiger partial charge on any atom is 0.355 e. The molecule has 0 bridgehead atoms. The number of methoxy groups -OCH3 is 3. The maximum atomic E-state index is 12.4. The molecular weight excluding hydrogens is 352 g/mol. The van der Waals surface area contributed by atoms with Gasteiger partial charge in [0.2, 0.25) is 0 Å². The molecule has 0 aromatic heterocycles. The molecule has 0 saturated heterocycles. The minimum absolute atomic E-state index is 0.0201. The van der Waals surface area contributed by atoms with E-state index in [9.17, 15) is 14.4 Å². The number of nitrogens with one attached hydrogen (secondary N) is 1. The third kappa shape index (κ3) is 4.00. The molecule has 8 nitrogen and oxygen atoms in total. The van der Waals surface area contributed by atoms with Crippen molar-refractivity contribution in [3.05, 3.63) is 59.5 Å². The van der Waals surface area contributed by atoms with Crippen LogP contribution in [0.5, 0.6) is 5.75 Å². The smallest absolute Gasteiger partial charge is 0.355 e. The lowest BCUT2D eigenvalue weighted by molar-refractivity contribution is -0.139. The molecule has 0 saturated carbocycles. The van der Waals surface area contributed by atoms with E-state index in [2.05, 4.69) is 5.32 Å². The highest BCUT2D eigenvalue weighted by molar-refractivity contribution is 6.06. The molecule has 142 valence electrons. The van der Waals surface area contributed by atoms with E-state index in [0.717, 1.165) is 0 Å². The number of esters is 2. The third-order valence-corrected chi connectivity index (χ3v) is 3.82. The molecule has 1 amide bonds. The molecule has 0 atom stereocenters. The Kier molecular flexibility index (Phi) is 6.37. The van der Waals surface area contributed by atoms with Crippen LogP contribution in [0.3, 0.4) is 0 Å². The summed E-state index contributed by atoms with van der Waals surface area (Å²) in [6.45, 7) is 0. The van der Waals surface area contributed by atoms with Crippen molar-refractivity contribution in [2.75, 3.05) is 33.3 Å². The summed E-state index contributed by atoms with van der Waals surface area (Å²) in [7, 11) is 5.38. The zero-order valence-electron chi connectivity index (χ0n) is 15.4. The van der Waals surface area contributed by atoms with Crippen molar-refractivity contribution in [3.8, 4) is 5.75 Å². The Morgan fingerprint density at radius 2 is 1.70 bits per heavy atom. The standard InChI is InChI=1S/C19H20N2O6/c1-20-17(22)14-11-12(8-9-15(14)25-2)21-10-6-5-7-13(18(23)26-3)16(21)19(24)27-4/h5-11H,1-4H3,(H,20,22). The summed E-state index contributed by atoms with van der Waals surface area (Å²) in [6, 6.07) is 4.79. The number of carbonyl (C=O) groups is 3. The summed E-state index contributed by atoms with van der Waals surface area (Å²) in [4.78, 5) is 38.2. The van der Waals surface area contributed by atoms with Crippen molar-refractivity contribution in [1.29, 1.82) is 0 Å². The molecule has 8 heteroatoms. The van der Waals surface area contributed by atoms with E-state index < -0.39 is 11.9 Å². The van der Waals surface area contributed by atoms with E-state index in [-0.39, 0.29) is 22.7 Å². The van der Waals surface area contributed by atoms with E-state index in [1.54, 1.807) is 36.6 Å². The van der Waals surface area contributed by atoms with Gasteiger partial charge in [-0.15, -0.1) is 0 Å². The minimum Gasteiger partial charge on any atom is -0.496 e. The molecule has 0 fully saturated rings. The molecule has 27 heavy (non-hydrogen) atoms. The third-order valence-electron chi connectivity index (χ3n) is 3.82. The van der Waals surface area contributed by atoms with Crippen LogP contribution in [0.4, 0.5) is 5.69 Å². The molecule has 1 heterocycles. The SMILES string of the molecule is CNC(=O)c1cc(N2C=CC=CC(C(=O)OC)=C2C(=O)OC)ccc1OC. The van der Waals surface area contributed by atoms with Gasteiger partial charge >= 0.3 is 11.9 Å². The number of benzene rings is 1. The monoisotopic (exact) mass is 372 g/mol. The lowest BCUT2D eigenvalue weighted by atomic mass is 10.1. The topological polar surface area (TPSA) is 94.2 Å². The number of rotatable bonds is 5. The number of hydrogen-bond acceptors (Lipinski definition) is 7. The van der Waals surface area contributed by atoms with Crippen molar-refractivity contribution >= 4 is 23.5 Å². The van der Waals surface area contributed by atoms with Crippen molar-refractivity contribution in [1.82, 2.24) is 5.32 Å². The van der Waals surface area contributed by atoms with E-state index in [4.69, 9.17) is 14.2 Å². The number of anilines is 1. The molecule has 1 aromatic carbocycles. The molecule has 2 rings (SSSR count). The first-order chi connectivity index (χ1) is 13.0. The van der Waals surface area contributed by atoms with Gasteiger partial charge in [0.15, 0.2) is 0 Å². The van der Waals surface area contributed by atoms with E-state index in [1.165, 1.54) is 39.4 Å². The Morgan fingerprint density at radius 1 is 1.00 bits per heavy atom. The van der Waals surface area contributed by atoms with Crippen molar-refractivity contribution in [2.45, 2.75) is 0 Å². The fourth-order valence-electron chi connectivity index (χ4n) is 2.52. The predicted octanol–water partition coefficient (Wildman–Crippen LogP) is 1.54. The molecule has 1 aromatic rings. The molecule has 0 unspecified atom stereocenters. The number of nitrogens with zero attached hydrogens (tertiary/aromatic N) is 1. The summed E-state index contributed by atoms with van der Waals surface area (Å²) in [5, 5.41) is 2.53. The van der Waals surface area contributed by atoms with Crippen molar-refractivity contribution in [2.24, 2.45) is 0 Å². The number of allylic oxidation sites excluding steroid dienone is 2. The van der Waals surface area contributed by atoms with Crippen LogP contribution < -0.4 is 15.0 Å². The number of hydrogen-bond donors (Lipinski definition) is 1. The van der Waals surface area contributed by atoms with Gasteiger partial charge in [-0.05, 0) is 30.4 Å². The van der Waals surface area contributed by atoms with E-state index in [0.29, 0.717) is 11.4 Å². The highest BCUT2D eigenvalue weighted by Gasteiger charge is 2.28. The molecule has 0 aliphatic carbocycles. The normalized spacial score (nSPS) is 13.1. The van der Waals surface area contributed by atoms with Crippen LogP contribution in [0.2, 0.25) is 0 Å². The molecule has 1 aliphatic rings. The Labute approximate surface area is 156 Å². The van der Waals surface area contributed by atoms with Gasteiger partial charge in [0.05, 0.1) is 32.5 Å². The fourth-order valence-corrected chi connectivity index (χ4v) is 2.52. The summed E-state index contributed by atoms with van der Waals surface area (Å²) < 4.78 is 14.8. The molecule has 1 aliphatic heterocycles. The molecule has 0 spiro atoms. The largest absolute Gasteiger partial charge is 0.496 e. The first kappa shape index (κ1) is 19.8. The van der Waals surface area contributed by atoms with Crippen molar-refractivity contribution in [3.63, 3.8) is 0 Å². The van der Waals surface area contributed by atoms with Crippen LogP contribution in [-0.4, -0.2) is 46.2 Å². The predicted molar refractivity (Wildman–Crippen MR) is 98.2 cm³/mol. The second kappa shape index (κ2) is 8.70. The van der Waals surface area contributed by atoms with E-state index in [1.807, 2.05) is 0 Å². The summed E-state index contributed by atoms with van der Waals surface area (Å²) in [6.07, 6.45) is 6.27. The average molecular weight is 372 g/mol. The van der Waals surface area contributed by atoms with Crippen LogP contribution in [-0.2, 0) is 19.1 Å². The van der Waals surface area contributed by atoms with Gasteiger partial charge in [-0.25, -0.2) is 9.59 Å². The first-order valence-corrected chi connectivity index (χ1v) is 7.93. The molecule has 1 N–H and O–H groups in total. The van der Waals surface area contributed by atoms with Crippen LogP contribution >= 0.6 is 0 Å². The summed E-state index contributed by atoms with van der Waals surface area (Å²) in [5.41, 5.74) is 0.706. The van der Waals surface area contributed by atoms with Crippen LogP contribution in [0.25, 0.3) is 0 Å². The van der Waals surface area contributed by atoms with Crippen molar-refractivity contribution < 1.29 is 28.6 Å². The zero-order chi connectivity index (χ0) is 20.0. The number of carbonyl (C=O) groups excluding carboxylic acids is 3. The van der Waals surface area contributed by atoms with Gasteiger partial charge in [0.1, 0.15) is 11.4 Å². The zero-order valence-corrected chi connectivity index (χ0v) is 15.4. The fraction of sp³-hybridized carbons (Fsp3) is 0.211. The van der Waals surface area contributed by atoms with Gasteiger partial charge in [-0.1, -0.05) is 6.08 Å². The second-order valence-corrected chi connectivity index (χ2v) is 5.28. The summed E-state index contributed by atoms with van der Waals surface area (Å²) in [5.74, 6) is -1.42. The minimum atomic E-state index is -0.732. The Hall–Kier alpha value is -3.55. The number of amides is 1. The summed E-state index contributed by atoms with van der Waals surface area (Å²) >= 11 is 0. The Balaban J connectivity index is 2.69. The van der Waals surface area contributed by atoms with Gasteiger partial charge in [-0.2, -0.15) is 0 Å². The second-order valence-electron chi connectivity index (χ2n) is 5.28. The Morgan fingerprint density at radius 3 is 2.30 bits per heavy atom. The van der Waals surface area contributed by atoms with Gasteiger partial charge < -0.3 is 24.4 Å². The molecular formula is C19H20N2O6. The quantitative estimate of drug-likeness (QED) is 0.784. The van der Waals surface area contributed by atoms with Gasteiger partial charge in [-0.3, -0.25) is 4.79 Å². The highest BCUT2D eigenvalue weighted by Crippen LogP contribution is 2.30. The van der Waals surface area contributed by atoms with E-state index >= 15 is 0 Å². The Bertz CT molecular complexity index is 854. The lowest BCUT2D eigenvalue weighted by Gasteiger charge is -2.24. The number of ether oxygens (including phenoxy) is 3. The highest BCUT2D eigenvalue weighted by atomic mass is 16.5. The van der Waals surface area contributed by atoms with Crippen LogP contribution in [0, 0.1) is 0 Å². The molecule has 0 radical (unpaired) electrons. The van der Waals surface area contributed by atoms with Crippen LogP contribution in [0.1, 0.15) is 10.4 Å². The average Bonchev–Trinajstić information content (AvgIpc) is 2.94.